The maximum atomic E-state index is 8.80. The van der Waals surface area contributed by atoms with E-state index in [9.17, 15) is 0 Å². The van der Waals surface area contributed by atoms with Gasteiger partial charge in [-0.05, 0) is 37.0 Å². The third-order valence-electron chi connectivity index (χ3n) is 2.02. The fourth-order valence-corrected chi connectivity index (χ4v) is 1.39. The molecule has 61 valence electrons. The second-order valence-electron chi connectivity index (χ2n) is 2.66. The summed E-state index contributed by atoms with van der Waals surface area (Å²) < 4.78 is 0. The highest BCUT2D eigenvalue weighted by Crippen LogP contribution is 2.15. The highest BCUT2D eigenvalue weighted by Gasteiger charge is 2.03. The van der Waals surface area contributed by atoms with Crippen LogP contribution in [0.3, 0.4) is 0 Å². The van der Waals surface area contributed by atoms with Crippen molar-refractivity contribution in [1.29, 1.82) is 5.26 Å². The van der Waals surface area contributed by atoms with Gasteiger partial charge >= 0.3 is 0 Å². The molecule has 0 unspecified atom stereocenters. The lowest BCUT2D eigenvalue weighted by Crippen LogP contribution is -1.94. The second kappa shape index (κ2) is 3.92. The van der Waals surface area contributed by atoms with Gasteiger partial charge in [0.25, 0.3) is 0 Å². The van der Waals surface area contributed by atoms with Crippen molar-refractivity contribution in [1.82, 2.24) is 0 Å². The van der Waals surface area contributed by atoms with Gasteiger partial charge in [0, 0.05) is 0 Å². The first-order chi connectivity index (χ1) is 5.83. The van der Waals surface area contributed by atoms with Crippen LogP contribution < -0.4 is 0 Å². The minimum absolute atomic E-state index is 0.763. The van der Waals surface area contributed by atoms with E-state index in [1.807, 2.05) is 18.2 Å². The molecule has 0 atom stereocenters. The molecule has 0 N–H and O–H groups in total. The molecule has 0 aliphatic rings. The predicted octanol–water partition coefficient (Wildman–Crippen LogP) is 2.50. The molecule has 0 saturated carbocycles. The van der Waals surface area contributed by atoms with E-state index in [0.717, 1.165) is 24.0 Å². The van der Waals surface area contributed by atoms with Crippen molar-refractivity contribution in [2.24, 2.45) is 0 Å². The maximum Gasteiger partial charge on any atom is 0.0994 e. The van der Waals surface area contributed by atoms with Crippen LogP contribution in [-0.4, -0.2) is 0 Å². The summed E-state index contributed by atoms with van der Waals surface area (Å²) >= 11 is 0. The molecule has 0 fully saturated rings. The summed E-state index contributed by atoms with van der Waals surface area (Å²) in [6.07, 6.45) is 1.67. The smallest absolute Gasteiger partial charge is 0.0994 e. The van der Waals surface area contributed by atoms with Crippen LogP contribution in [0.25, 0.3) is 0 Å². The fraction of sp³-hybridized carbons (Fsp3) is 0.273. The highest BCUT2D eigenvalue weighted by atomic mass is 14.2. The average molecular weight is 158 g/mol. The van der Waals surface area contributed by atoms with E-state index in [1.165, 1.54) is 5.56 Å². The molecule has 0 heterocycles. The Hall–Kier alpha value is -1.29. The fourth-order valence-electron chi connectivity index (χ4n) is 1.39. The van der Waals surface area contributed by atoms with E-state index in [2.05, 4.69) is 19.9 Å². The topological polar surface area (TPSA) is 23.8 Å². The Labute approximate surface area is 73.6 Å². The lowest BCUT2D eigenvalue weighted by Gasteiger charge is -2.06. The lowest BCUT2D eigenvalue weighted by molar-refractivity contribution is 1.07. The summed E-state index contributed by atoms with van der Waals surface area (Å²) in [5.41, 5.74) is 3.13. The summed E-state index contributed by atoms with van der Waals surface area (Å²) in [5, 5.41) is 8.80. The summed E-state index contributed by atoms with van der Waals surface area (Å²) in [5.74, 6) is 0. The number of benzene rings is 1. The number of hydrogen-bond donors (Lipinski definition) is 0. The van der Waals surface area contributed by atoms with Gasteiger partial charge in [0.1, 0.15) is 0 Å². The van der Waals surface area contributed by atoms with Crippen LogP contribution in [0, 0.1) is 18.3 Å². The van der Waals surface area contributed by atoms with E-state index in [0.29, 0.717) is 0 Å². The standard InChI is InChI=1S/C11H12N/c1-3-9-6-5-7-10(8-12)11(9)4-2/h5-7H,1,3-4H2,2H3. The minimum atomic E-state index is 0.763. The van der Waals surface area contributed by atoms with E-state index in [4.69, 9.17) is 5.26 Å². The molecule has 1 heteroatoms. The Balaban J connectivity index is 3.24. The molecule has 0 bridgehead atoms. The number of nitrogens with zero attached hydrogens (tertiary/aromatic N) is 1. The zero-order chi connectivity index (χ0) is 8.97. The van der Waals surface area contributed by atoms with Gasteiger partial charge in [-0.1, -0.05) is 19.1 Å². The molecule has 0 amide bonds. The van der Waals surface area contributed by atoms with Crippen molar-refractivity contribution in [2.45, 2.75) is 19.8 Å². The Kier molecular flexibility index (Phi) is 2.88. The van der Waals surface area contributed by atoms with Crippen molar-refractivity contribution in [3.63, 3.8) is 0 Å². The molecule has 0 saturated heterocycles. The first-order valence-electron chi connectivity index (χ1n) is 4.13. The average Bonchev–Trinajstić information content (AvgIpc) is 2.16. The first-order valence-corrected chi connectivity index (χ1v) is 4.13. The van der Waals surface area contributed by atoms with E-state index in [-0.39, 0.29) is 0 Å². The molecule has 1 rings (SSSR count). The molecule has 0 aliphatic heterocycles. The molecule has 12 heavy (non-hydrogen) atoms. The summed E-state index contributed by atoms with van der Waals surface area (Å²) in [6, 6.07) is 8.00. The normalized spacial score (nSPS) is 9.42. The Morgan fingerprint density at radius 2 is 2.25 bits per heavy atom. The second-order valence-corrected chi connectivity index (χ2v) is 2.66. The predicted molar refractivity (Wildman–Crippen MR) is 49.6 cm³/mol. The molecule has 1 nitrogen and oxygen atoms in total. The Morgan fingerprint density at radius 1 is 1.50 bits per heavy atom. The third kappa shape index (κ3) is 1.48. The number of hydrogen-bond acceptors (Lipinski definition) is 1. The summed E-state index contributed by atoms with van der Waals surface area (Å²) in [6.45, 7) is 5.90. The van der Waals surface area contributed by atoms with Crippen molar-refractivity contribution >= 4 is 0 Å². The zero-order valence-electron chi connectivity index (χ0n) is 7.30. The summed E-state index contributed by atoms with van der Waals surface area (Å²) in [7, 11) is 0. The summed E-state index contributed by atoms with van der Waals surface area (Å²) in [4.78, 5) is 0. The van der Waals surface area contributed by atoms with Gasteiger partial charge in [0.05, 0.1) is 11.6 Å². The van der Waals surface area contributed by atoms with Gasteiger partial charge in [-0.25, -0.2) is 0 Å². The Morgan fingerprint density at radius 3 is 2.75 bits per heavy atom. The SMILES string of the molecule is [CH2]Cc1cccc(C#N)c1CC. The third-order valence-corrected chi connectivity index (χ3v) is 2.02. The van der Waals surface area contributed by atoms with Gasteiger partial charge in [-0.3, -0.25) is 0 Å². The van der Waals surface area contributed by atoms with Crippen molar-refractivity contribution in [3.05, 3.63) is 41.8 Å². The first kappa shape index (κ1) is 8.80. The van der Waals surface area contributed by atoms with Crippen LogP contribution in [0.15, 0.2) is 18.2 Å². The zero-order valence-corrected chi connectivity index (χ0v) is 7.30. The van der Waals surface area contributed by atoms with Gasteiger partial charge in [0.2, 0.25) is 0 Å². The molecule has 0 aliphatic carbocycles. The van der Waals surface area contributed by atoms with E-state index >= 15 is 0 Å². The van der Waals surface area contributed by atoms with Crippen LogP contribution in [0.4, 0.5) is 0 Å². The highest BCUT2D eigenvalue weighted by molar-refractivity contribution is 5.43. The van der Waals surface area contributed by atoms with Crippen LogP contribution in [-0.2, 0) is 12.8 Å². The van der Waals surface area contributed by atoms with Crippen molar-refractivity contribution in [3.8, 4) is 6.07 Å². The van der Waals surface area contributed by atoms with Crippen LogP contribution in [0.5, 0.6) is 0 Å². The molecule has 1 aromatic carbocycles. The monoisotopic (exact) mass is 158 g/mol. The molecule has 1 aromatic rings. The van der Waals surface area contributed by atoms with Crippen molar-refractivity contribution < 1.29 is 0 Å². The van der Waals surface area contributed by atoms with Crippen LogP contribution in [0.1, 0.15) is 23.6 Å². The van der Waals surface area contributed by atoms with E-state index in [1.54, 1.807) is 0 Å². The lowest BCUT2D eigenvalue weighted by atomic mass is 9.98. The molecule has 1 radical (unpaired) electrons. The molecular formula is C11H12N. The number of rotatable bonds is 2. The van der Waals surface area contributed by atoms with E-state index < -0.39 is 0 Å². The van der Waals surface area contributed by atoms with Gasteiger partial charge in [0.15, 0.2) is 0 Å². The van der Waals surface area contributed by atoms with Gasteiger partial charge in [-0.2, -0.15) is 5.26 Å². The molecule has 0 aromatic heterocycles. The quantitative estimate of drug-likeness (QED) is 0.648. The largest absolute Gasteiger partial charge is 0.192 e. The van der Waals surface area contributed by atoms with Gasteiger partial charge < -0.3 is 0 Å². The minimum Gasteiger partial charge on any atom is -0.192 e. The molecule has 0 spiro atoms. The number of nitriles is 1. The van der Waals surface area contributed by atoms with Crippen LogP contribution in [0.2, 0.25) is 0 Å². The van der Waals surface area contributed by atoms with Crippen LogP contribution >= 0.6 is 0 Å². The molecular weight excluding hydrogens is 146 g/mol. The van der Waals surface area contributed by atoms with Gasteiger partial charge in [-0.15, -0.1) is 0 Å². The Bertz CT molecular complexity index is 307. The maximum absolute atomic E-state index is 8.80. The van der Waals surface area contributed by atoms with Crippen molar-refractivity contribution in [2.75, 3.05) is 0 Å².